The van der Waals surface area contributed by atoms with Gasteiger partial charge in [-0.2, -0.15) is 0 Å². The van der Waals surface area contributed by atoms with Crippen molar-refractivity contribution in [3.05, 3.63) is 0 Å². The summed E-state index contributed by atoms with van der Waals surface area (Å²) in [5.74, 6) is 1.53. The Bertz CT molecular complexity index is 245. The topological polar surface area (TPSA) is 30.5 Å². The van der Waals surface area contributed by atoms with E-state index in [0.717, 1.165) is 51.0 Å². The summed E-state index contributed by atoms with van der Waals surface area (Å²) in [4.78, 5) is 0. The fourth-order valence-corrected chi connectivity index (χ4v) is 3.52. The van der Waals surface area contributed by atoms with Crippen molar-refractivity contribution >= 4 is 0 Å². The Morgan fingerprint density at radius 3 is 2.61 bits per heavy atom. The Morgan fingerprint density at radius 2 is 1.94 bits per heavy atom. The molecule has 0 amide bonds. The fourth-order valence-electron chi connectivity index (χ4n) is 3.52. The van der Waals surface area contributed by atoms with E-state index in [2.05, 4.69) is 26.1 Å². The average molecular weight is 255 g/mol. The normalized spacial score (nSPS) is 31.2. The van der Waals surface area contributed by atoms with Crippen LogP contribution in [0.4, 0.5) is 0 Å². The predicted octanol–water partition coefficient (Wildman–Crippen LogP) is 2.60. The van der Waals surface area contributed by atoms with Crippen molar-refractivity contribution in [1.82, 2.24) is 5.32 Å². The van der Waals surface area contributed by atoms with Gasteiger partial charge in [0.2, 0.25) is 0 Å². The van der Waals surface area contributed by atoms with Gasteiger partial charge in [0.25, 0.3) is 0 Å². The van der Waals surface area contributed by atoms with Crippen molar-refractivity contribution in [2.24, 2.45) is 11.8 Å². The molecule has 0 aliphatic carbocycles. The van der Waals surface area contributed by atoms with Gasteiger partial charge in [0.1, 0.15) is 0 Å². The van der Waals surface area contributed by atoms with E-state index >= 15 is 0 Å². The number of hydrogen-bond acceptors (Lipinski definition) is 3. The van der Waals surface area contributed by atoms with E-state index in [1.807, 2.05) is 0 Å². The van der Waals surface area contributed by atoms with Gasteiger partial charge in [0.05, 0.1) is 5.60 Å². The molecule has 3 unspecified atom stereocenters. The van der Waals surface area contributed by atoms with Crippen LogP contribution in [0.25, 0.3) is 0 Å². The first kappa shape index (κ1) is 14.3. The van der Waals surface area contributed by atoms with Crippen LogP contribution in [0.5, 0.6) is 0 Å². The molecule has 2 heterocycles. The van der Waals surface area contributed by atoms with Crippen molar-refractivity contribution in [2.45, 2.75) is 58.1 Å². The number of hydrogen-bond donors (Lipinski definition) is 1. The third kappa shape index (κ3) is 3.25. The summed E-state index contributed by atoms with van der Waals surface area (Å²) in [6, 6.07) is 0.606. The zero-order valence-electron chi connectivity index (χ0n) is 12.2. The van der Waals surface area contributed by atoms with Gasteiger partial charge in [-0.3, -0.25) is 0 Å². The predicted molar refractivity (Wildman–Crippen MR) is 73.8 cm³/mol. The first-order valence-corrected chi connectivity index (χ1v) is 7.62. The monoisotopic (exact) mass is 255 g/mol. The summed E-state index contributed by atoms with van der Waals surface area (Å²) in [5.41, 5.74) is 0.140. The highest BCUT2D eigenvalue weighted by molar-refractivity contribution is 4.91. The molecule has 0 radical (unpaired) electrons. The summed E-state index contributed by atoms with van der Waals surface area (Å²) < 4.78 is 11.6. The van der Waals surface area contributed by atoms with E-state index in [-0.39, 0.29) is 5.60 Å². The summed E-state index contributed by atoms with van der Waals surface area (Å²) in [7, 11) is 0. The second-order valence-corrected chi connectivity index (χ2v) is 6.10. The first-order valence-electron chi connectivity index (χ1n) is 7.62. The molecule has 3 heteroatoms. The van der Waals surface area contributed by atoms with Gasteiger partial charge in [-0.05, 0) is 51.0 Å². The van der Waals surface area contributed by atoms with Crippen LogP contribution >= 0.6 is 0 Å². The van der Waals surface area contributed by atoms with Crippen LogP contribution in [-0.4, -0.2) is 38.0 Å². The molecular formula is C15H29NO2. The quantitative estimate of drug-likeness (QED) is 0.837. The number of rotatable bonds is 4. The van der Waals surface area contributed by atoms with E-state index in [1.165, 1.54) is 12.8 Å². The van der Waals surface area contributed by atoms with Crippen LogP contribution in [0.15, 0.2) is 0 Å². The molecule has 0 aromatic carbocycles. The zero-order chi connectivity index (χ0) is 13.0. The van der Waals surface area contributed by atoms with Gasteiger partial charge < -0.3 is 14.8 Å². The second-order valence-electron chi connectivity index (χ2n) is 6.10. The minimum absolute atomic E-state index is 0.140. The lowest BCUT2D eigenvalue weighted by atomic mass is 9.74. The molecule has 3 nitrogen and oxygen atoms in total. The Balaban J connectivity index is 1.93. The largest absolute Gasteiger partial charge is 0.381 e. The molecule has 0 aromatic rings. The molecule has 2 fully saturated rings. The van der Waals surface area contributed by atoms with Gasteiger partial charge in [0.15, 0.2) is 0 Å². The summed E-state index contributed by atoms with van der Waals surface area (Å²) >= 11 is 0. The maximum Gasteiger partial charge on any atom is 0.0729 e. The van der Waals surface area contributed by atoms with Crippen molar-refractivity contribution in [2.75, 3.05) is 26.4 Å². The van der Waals surface area contributed by atoms with Crippen molar-refractivity contribution in [3.8, 4) is 0 Å². The van der Waals surface area contributed by atoms with Gasteiger partial charge >= 0.3 is 0 Å². The Morgan fingerprint density at radius 1 is 1.22 bits per heavy atom. The molecule has 1 spiro atoms. The lowest BCUT2D eigenvalue weighted by Gasteiger charge is -2.45. The van der Waals surface area contributed by atoms with Crippen LogP contribution in [0, 0.1) is 11.8 Å². The summed E-state index contributed by atoms with van der Waals surface area (Å²) in [5, 5.41) is 3.57. The Labute approximate surface area is 112 Å². The van der Waals surface area contributed by atoms with Crippen LogP contribution in [0.1, 0.15) is 46.5 Å². The van der Waals surface area contributed by atoms with Crippen LogP contribution < -0.4 is 5.32 Å². The van der Waals surface area contributed by atoms with Gasteiger partial charge in [-0.15, -0.1) is 0 Å². The van der Waals surface area contributed by atoms with Gasteiger partial charge in [-0.25, -0.2) is 0 Å². The highest BCUT2D eigenvalue weighted by atomic mass is 16.5. The molecule has 0 aromatic heterocycles. The molecule has 0 saturated carbocycles. The zero-order valence-corrected chi connectivity index (χ0v) is 12.2. The smallest absolute Gasteiger partial charge is 0.0729 e. The van der Waals surface area contributed by atoms with Crippen molar-refractivity contribution in [3.63, 3.8) is 0 Å². The summed E-state index contributed by atoms with van der Waals surface area (Å²) in [6.45, 7) is 10.7. The molecule has 2 aliphatic rings. The highest BCUT2D eigenvalue weighted by Crippen LogP contribution is 2.40. The first-order chi connectivity index (χ1) is 8.67. The Kier molecular flexibility index (Phi) is 5.05. The molecular weight excluding hydrogens is 226 g/mol. The fraction of sp³-hybridized carbons (Fsp3) is 1.00. The maximum absolute atomic E-state index is 6.13. The minimum Gasteiger partial charge on any atom is -0.381 e. The molecule has 2 aliphatic heterocycles. The minimum atomic E-state index is 0.140. The highest BCUT2D eigenvalue weighted by Gasteiger charge is 2.41. The average Bonchev–Trinajstić information content (AvgIpc) is 2.39. The molecule has 3 atom stereocenters. The van der Waals surface area contributed by atoms with Gasteiger partial charge in [-0.1, -0.05) is 13.8 Å². The molecule has 1 N–H and O–H groups in total. The van der Waals surface area contributed by atoms with Crippen LogP contribution in [0.2, 0.25) is 0 Å². The van der Waals surface area contributed by atoms with E-state index in [9.17, 15) is 0 Å². The lowest BCUT2D eigenvalue weighted by Crippen LogP contribution is -2.47. The van der Waals surface area contributed by atoms with E-state index in [4.69, 9.17) is 9.47 Å². The molecule has 2 rings (SSSR count). The second kappa shape index (κ2) is 6.36. The number of ether oxygens (including phenoxy) is 2. The van der Waals surface area contributed by atoms with Crippen molar-refractivity contribution in [1.29, 1.82) is 0 Å². The lowest BCUT2D eigenvalue weighted by molar-refractivity contribution is -0.153. The third-order valence-corrected chi connectivity index (χ3v) is 4.99. The van der Waals surface area contributed by atoms with Gasteiger partial charge in [0, 0.05) is 25.9 Å². The van der Waals surface area contributed by atoms with E-state index in [0.29, 0.717) is 6.04 Å². The van der Waals surface area contributed by atoms with Crippen LogP contribution in [-0.2, 0) is 9.47 Å². The molecule has 0 bridgehead atoms. The summed E-state index contributed by atoms with van der Waals surface area (Å²) in [6.07, 6.45) is 4.63. The van der Waals surface area contributed by atoms with Crippen LogP contribution in [0.3, 0.4) is 0 Å². The Hall–Kier alpha value is -0.120. The molecule has 106 valence electrons. The molecule has 2 saturated heterocycles. The van der Waals surface area contributed by atoms with E-state index in [1.54, 1.807) is 0 Å². The maximum atomic E-state index is 6.13. The molecule has 18 heavy (non-hydrogen) atoms. The number of nitrogens with one attached hydrogen (secondary N) is 1. The third-order valence-electron chi connectivity index (χ3n) is 4.99. The van der Waals surface area contributed by atoms with Crippen molar-refractivity contribution < 1.29 is 9.47 Å². The van der Waals surface area contributed by atoms with E-state index < -0.39 is 0 Å². The standard InChI is InChI=1S/C15H29NO2/c1-4-16-13(3)12(2)14-5-8-18-15(11-14)6-9-17-10-7-15/h12-14,16H,4-11H2,1-3H3. The SMILES string of the molecule is CCNC(C)C(C)C1CCOC2(CCOCC2)C1.